The van der Waals surface area contributed by atoms with Crippen LogP contribution in [-0.4, -0.2) is 64.7 Å². The molecule has 3 aromatic rings. The fourth-order valence-corrected chi connectivity index (χ4v) is 6.13. The van der Waals surface area contributed by atoms with Crippen molar-refractivity contribution in [3.63, 3.8) is 0 Å². The van der Waals surface area contributed by atoms with E-state index in [1.807, 2.05) is 24.3 Å². The third-order valence-electron chi connectivity index (χ3n) is 6.84. The molecular weight excluding hydrogens is 558 g/mol. The van der Waals surface area contributed by atoms with Gasteiger partial charge in [-0.1, -0.05) is 41.6 Å². The summed E-state index contributed by atoms with van der Waals surface area (Å²) in [5, 5.41) is 16.4. The Morgan fingerprint density at radius 1 is 0.875 bits per heavy atom. The van der Waals surface area contributed by atoms with E-state index in [9.17, 15) is 18.4 Å². The second kappa shape index (κ2) is 13.9. The summed E-state index contributed by atoms with van der Waals surface area (Å²) >= 11 is 8.02. The molecule has 40 heavy (non-hydrogen) atoms. The molecule has 0 aromatic heterocycles. The average Bonchev–Trinajstić information content (AvgIpc) is 3.08. The number of benzene rings is 3. The molecule has 2 N–H and O–H groups in total. The van der Waals surface area contributed by atoms with Crippen LogP contribution in [0.3, 0.4) is 0 Å². The lowest BCUT2D eigenvalue weighted by Crippen LogP contribution is -2.48. The summed E-state index contributed by atoms with van der Waals surface area (Å²) in [6.45, 7) is 4.92. The average molecular weight is 587 g/mol. The zero-order valence-electron chi connectivity index (χ0n) is 21.6. The molecule has 2 aliphatic heterocycles. The number of rotatable bonds is 6. The molecule has 10 heteroatoms. The van der Waals surface area contributed by atoms with Crippen molar-refractivity contribution in [2.45, 2.75) is 28.7 Å². The Bertz CT molecular complexity index is 1360. The molecule has 1 atom stereocenters. The van der Waals surface area contributed by atoms with Crippen LogP contribution in [0, 0.1) is 11.6 Å². The van der Waals surface area contributed by atoms with Crippen molar-refractivity contribution in [3.8, 4) is 0 Å². The lowest BCUT2D eigenvalue weighted by atomic mass is 9.96. The van der Waals surface area contributed by atoms with E-state index in [-0.39, 0.29) is 17.7 Å². The van der Waals surface area contributed by atoms with Gasteiger partial charge < -0.3 is 15.1 Å². The van der Waals surface area contributed by atoms with Gasteiger partial charge in [0.15, 0.2) is 0 Å². The lowest BCUT2D eigenvalue weighted by Gasteiger charge is -2.39. The first-order chi connectivity index (χ1) is 19.2. The van der Waals surface area contributed by atoms with E-state index in [0.29, 0.717) is 12.2 Å². The highest BCUT2D eigenvalue weighted by atomic mass is 35.5. The number of halogens is 3. The number of piperazine rings is 1. The summed E-state index contributed by atoms with van der Waals surface area (Å²) in [5.41, 5.74) is 3.59. The molecule has 0 bridgehead atoms. The molecule has 1 fully saturated rings. The van der Waals surface area contributed by atoms with Gasteiger partial charge in [0.2, 0.25) is 0 Å². The summed E-state index contributed by atoms with van der Waals surface area (Å²) in [5.74, 6) is -2.89. The largest absolute Gasteiger partial charge is 0.478 e. The van der Waals surface area contributed by atoms with E-state index in [1.54, 1.807) is 23.9 Å². The van der Waals surface area contributed by atoms with Gasteiger partial charge in [-0.15, -0.1) is 0 Å². The maximum absolute atomic E-state index is 13.9. The molecule has 1 unspecified atom stereocenters. The molecule has 2 aliphatic rings. The van der Waals surface area contributed by atoms with Crippen LogP contribution in [0.5, 0.6) is 0 Å². The molecule has 0 spiro atoms. The summed E-state index contributed by atoms with van der Waals surface area (Å²) in [4.78, 5) is 26.3. The van der Waals surface area contributed by atoms with E-state index < -0.39 is 11.9 Å². The van der Waals surface area contributed by atoms with Crippen molar-refractivity contribution in [2.75, 3.05) is 32.7 Å². The highest BCUT2D eigenvalue weighted by Crippen LogP contribution is 2.44. The van der Waals surface area contributed by atoms with Gasteiger partial charge in [0.05, 0.1) is 0 Å². The minimum atomic E-state index is -1.26. The zero-order chi connectivity index (χ0) is 28.6. The maximum Gasteiger partial charge on any atom is 0.328 e. The monoisotopic (exact) mass is 586 g/mol. The molecule has 0 amide bonds. The van der Waals surface area contributed by atoms with Gasteiger partial charge in [-0.3, -0.25) is 4.90 Å². The number of aliphatic carboxylic acids is 2. The van der Waals surface area contributed by atoms with Crippen LogP contribution < -0.4 is 0 Å². The first kappa shape index (κ1) is 29.7. The number of hydrogen-bond donors (Lipinski definition) is 2. The van der Waals surface area contributed by atoms with Crippen LogP contribution in [0.25, 0.3) is 0 Å². The highest BCUT2D eigenvalue weighted by molar-refractivity contribution is 7.99. The minimum Gasteiger partial charge on any atom is -0.478 e. The number of carboxylic acid groups (broad SMARTS) is 2. The summed E-state index contributed by atoms with van der Waals surface area (Å²) < 4.78 is 27.0. The molecule has 0 aliphatic carbocycles. The van der Waals surface area contributed by atoms with E-state index in [2.05, 4.69) is 21.9 Å². The van der Waals surface area contributed by atoms with E-state index in [4.69, 9.17) is 21.8 Å². The van der Waals surface area contributed by atoms with Crippen molar-refractivity contribution in [1.29, 1.82) is 0 Å². The van der Waals surface area contributed by atoms with Crippen molar-refractivity contribution in [2.24, 2.45) is 0 Å². The van der Waals surface area contributed by atoms with Crippen molar-refractivity contribution < 1.29 is 28.6 Å². The minimum absolute atomic E-state index is 0.186. The Morgan fingerprint density at radius 2 is 1.52 bits per heavy atom. The highest BCUT2D eigenvalue weighted by Gasteiger charge is 2.30. The molecule has 1 saturated heterocycles. The molecule has 210 valence electrons. The van der Waals surface area contributed by atoms with Gasteiger partial charge in [-0.2, -0.15) is 0 Å². The predicted molar refractivity (Wildman–Crippen MR) is 151 cm³/mol. The number of carboxylic acids is 2. The third kappa shape index (κ3) is 8.38. The quantitative estimate of drug-likeness (QED) is 0.346. The second-order valence-corrected chi connectivity index (χ2v) is 11.0. The molecule has 0 radical (unpaired) electrons. The van der Waals surface area contributed by atoms with Gasteiger partial charge in [-0.25, -0.2) is 18.4 Å². The first-order valence-corrected chi connectivity index (χ1v) is 14.0. The Hall–Kier alpha value is -3.24. The molecule has 2 heterocycles. The van der Waals surface area contributed by atoms with Gasteiger partial charge in [0.25, 0.3) is 0 Å². The fraction of sp³-hybridized carbons (Fsp3) is 0.267. The van der Waals surface area contributed by atoms with Gasteiger partial charge in [-0.05, 0) is 72.0 Å². The zero-order valence-corrected chi connectivity index (χ0v) is 23.2. The van der Waals surface area contributed by atoms with Crippen LogP contribution in [0.2, 0.25) is 5.02 Å². The van der Waals surface area contributed by atoms with Gasteiger partial charge in [0.1, 0.15) is 11.6 Å². The van der Waals surface area contributed by atoms with Crippen molar-refractivity contribution >= 4 is 35.3 Å². The molecule has 0 saturated carbocycles. The van der Waals surface area contributed by atoms with E-state index >= 15 is 0 Å². The molecule has 6 nitrogen and oxygen atoms in total. The smallest absolute Gasteiger partial charge is 0.328 e. The Balaban J connectivity index is 0.000000406. The molecule has 5 rings (SSSR count). The second-order valence-electron chi connectivity index (χ2n) is 9.52. The van der Waals surface area contributed by atoms with Crippen LogP contribution in [0.15, 0.2) is 82.6 Å². The Morgan fingerprint density at radius 3 is 2.17 bits per heavy atom. The number of hydrogen-bond acceptors (Lipinski definition) is 5. The number of fused-ring (bicyclic) bond motifs is 2. The van der Waals surface area contributed by atoms with Crippen LogP contribution >= 0.6 is 23.4 Å². The third-order valence-corrected chi connectivity index (χ3v) is 8.27. The van der Waals surface area contributed by atoms with Crippen LogP contribution in [0.1, 0.15) is 22.7 Å². The molecule has 3 aromatic carbocycles. The van der Waals surface area contributed by atoms with Gasteiger partial charge >= 0.3 is 11.9 Å². The van der Waals surface area contributed by atoms with Gasteiger partial charge in [0, 0.05) is 65.7 Å². The summed E-state index contributed by atoms with van der Waals surface area (Å²) in [6.07, 6.45) is 2.90. The maximum atomic E-state index is 13.9. The fourth-order valence-electron chi connectivity index (χ4n) is 4.81. The summed E-state index contributed by atoms with van der Waals surface area (Å²) in [7, 11) is 0. The Labute approximate surface area is 240 Å². The SMILES string of the molecule is Fc1ccc(CCN2CCN(C3Cc4ccc(F)cc4Sc4ccc(Cl)cc43)CC2)cc1.O=C(O)/C=C\C(=O)O. The van der Waals surface area contributed by atoms with Crippen LogP contribution in [0.4, 0.5) is 8.78 Å². The normalized spacial score (nSPS) is 17.3. The van der Waals surface area contributed by atoms with Crippen molar-refractivity contribution in [1.82, 2.24) is 9.80 Å². The van der Waals surface area contributed by atoms with Crippen molar-refractivity contribution in [3.05, 3.63) is 106 Å². The lowest BCUT2D eigenvalue weighted by molar-refractivity contribution is -0.134. The molecular formula is C30H29ClF2N2O4S. The summed E-state index contributed by atoms with van der Waals surface area (Å²) in [6, 6.07) is 18.2. The standard InChI is InChI=1S/C26H25ClF2N2S.C4H4O4/c27-20-4-8-25-23(16-20)24(15-19-3-7-22(29)17-26(19)32-25)31-13-11-30(12-14-31)10-9-18-1-5-21(28)6-2-18;5-3(6)1-2-4(7)8/h1-8,16-17,24H,9-15H2;1-2H,(H,5,6)(H,7,8)/b;2-1-. The number of nitrogens with zero attached hydrogens (tertiary/aromatic N) is 2. The number of carbonyl (C=O) groups is 2. The van der Waals surface area contributed by atoms with Crippen LogP contribution in [-0.2, 0) is 22.4 Å². The topological polar surface area (TPSA) is 81.1 Å². The predicted octanol–water partition coefficient (Wildman–Crippen LogP) is 5.94. The Kier molecular flexibility index (Phi) is 10.3. The van der Waals surface area contributed by atoms with E-state index in [0.717, 1.165) is 60.4 Å². The van der Waals surface area contributed by atoms with E-state index in [1.165, 1.54) is 28.8 Å². The first-order valence-electron chi connectivity index (χ1n) is 12.8.